The average molecular weight is 268 g/mol. The number of carbonyl (C=O) groups excluding carboxylic acids is 1. The van der Waals surface area contributed by atoms with Crippen LogP contribution in [0, 0.1) is 0 Å². The van der Waals surface area contributed by atoms with Crippen molar-refractivity contribution in [1.82, 2.24) is 0 Å². The average Bonchev–Trinajstić information content (AvgIpc) is 2.59. The number of anilines is 1. The Labute approximate surface area is 98.4 Å². The molecule has 0 unspecified atom stereocenters. The zero-order valence-corrected chi connectivity index (χ0v) is 10.3. The lowest BCUT2D eigenvalue weighted by molar-refractivity contribution is -0.116. The number of alkyl halides is 1. The van der Waals surface area contributed by atoms with E-state index in [9.17, 15) is 4.79 Å². The van der Waals surface area contributed by atoms with E-state index in [1.165, 1.54) is 5.56 Å². The molecule has 0 aromatic heterocycles. The summed E-state index contributed by atoms with van der Waals surface area (Å²) in [5.41, 5.74) is 2.41. The highest BCUT2D eigenvalue weighted by Gasteiger charge is 2.29. The first-order chi connectivity index (χ1) is 7.24. The first-order valence-electron chi connectivity index (χ1n) is 5.17. The van der Waals surface area contributed by atoms with Crippen LogP contribution >= 0.6 is 15.9 Å². The summed E-state index contributed by atoms with van der Waals surface area (Å²) < 4.78 is 0. The Hall–Kier alpha value is -0.830. The third-order valence-electron chi connectivity index (χ3n) is 2.91. The number of fused-ring (bicyclic) bond motifs is 1. The van der Waals surface area contributed by atoms with Gasteiger partial charge in [0, 0.05) is 30.4 Å². The molecule has 2 rings (SSSR count). The minimum absolute atomic E-state index is 0.138. The molecule has 1 aromatic rings. The summed E-state index contributed by atoms with van der Waals surface area (Å²) >= 11 is 3.46. The second-order valence-corrected chi connectivity index (χ2v) is 4.66. The molecule has 15 heavy (non-hydrogen) atoms. The largest absolute Gasteiger partial charge is 0.312 e. The zero-order chi connectivity index (χ0) is 10.8. The topological polar surface area (TPSA) is 20.3 Å². The summed E-state index contributed by atoms with van der Waals surface area (Å²) in [6, 6.07) is 8.20. The van der Waals surface area contributed by atoms with Crippen LogP contribution in [0.25, 0.3) is 0 Å². The van der Waals surface area contributed by atoms with Crippen LogP contribution in [0.2, 0.25) is 0 Å². The maximum Gasteiger partial charge on any atom is 0.223 e. The number of benzene rings is 1. The SMILES string of the molecule is CC(=O)N1C[C@H](CCBr)c2ccccc21. The fourth-order valence-electron chi connectivity index (χ4n) is 2.17. The van der Waals surface area contributed by atoms with Crippen molar-refractivity contribution in [2.45, 2.75) is 19.3 Å². The van der Waals surface area contributed by atoms with Crippen LogP contribution in [-0.2, 0) is 4.79 Å². The monoisotopic (exact) mass is 267 g/mol. The van der Waals surface area contributed by atoms with Gasteiger partial charge in [0.05, 0.1) is 0 Å². The molecule has 0 spiro atoms. The molecule has 1 aliphatic heterocycles. The number of hydrogen-bond donors (Lipinski definition) is 0. The molecule has 0 N–H and O–H groups in total. The van der Waals surface area contributed by atoms with Crippen LogP contribution in [-0.4, -0.2) is 17.8 Å². The van der Waals surface area contributed by atoms with Crippen molar-refractivity contribution in [1.29, 1.82) is 0 Å². The third-order valence-corrected chi connectivity index (χ3v) is 3.37. The second kappa shape index (κ2) is 4.35. The minimum atomic E-state index is 0.138. The summed E-state index contributed by atoms with van der Waals surface area (Å²) in [5.74, 6) is 0.629. The van der Waals surface area contributed by atoms with E-state index in [-0.39, 0.29) is 5.91 Å². The Morgan fingerprint density at radius 3 is 2.93 bits per heavy atom. The van der Waals surface area contributed by atoms with Crippen LogP contribution in [0.15, 0.2) is 24.3 Å². The van der Waals surface area contributed by atoms with E-state index in [2.05, 4.69) is 22.0 Å². The van der Waals surface area contributed by atoms with Gasteiger partial charge >= 0.3 is 0 Å². The fraction of sp³-hybridized carbons (Fsp3) is 0.417. The third kappa shape index (κ3) is 1.93. The number of amides is 1. The maximum atomic E-state index is 11.5. The standard InChI is InChI=1S/C12H14BrNO/c1-9(15)14-8-10(6-7-13)11-4-2-3-5-12(11)14/h2-5,10H,6-8H2,1H3/t10-/m0/s1. The van der Waals surface area contributed by atoms with Crippen LogP contribution < -0.4 is 4.90 Å². The second-order valence-electron chi connectivity index (χ2n) is 3.86. The minimum Gasteiger partial charge on any atom is -0.312 e. The van der Waals surface area contributed by atoms with Gasteiger partial charge in [0.15, 0.2) is 0 Å². The van der Waals surface area contributed by atoms with E-state index in [1.807, 2.05) is 23.1 Å². The van der Waals surface area contributed by atoms with Crippen LogP contribution in [0.3, 0.4) is 0 Å². The number of rotatable bonds is 2. The van der Waals surface area contributed by atoms with Gasteiger partial charge in [-0.2, -0.15) is 0 Å². The van der Waals surface area contributed by atoms with Crippen molar-refractivity contribution >= 4 is 27.5 Å². The van der Waals surface area contributed by atoms with E-state index >= 15 is 0 Å². The van der Waals surface area contributed by atoms with Gasteiger partial charge in [-0.3, -0.25) is 4.79 Å². The summed E-state index contributed by atoms with van der Waals surface area (Å²) in [6.45, 7) is 2.47. The Morgan fingerprint density at radius 2 is 2.27 bits per heavy atom. The van der Waals surface area contributed by atoms with Gasteiger partial charge < -0.3 is 4.90 Å². The normalized spacial score (nSPS) is 19.1. The van der Waals surface area contributed by atoms with Gasteiger partial charge in [-0.15, -0.1) is 0 Å². The van der Waals surface area contributed by atoms with Gasteiger partial charge in [0.2, 0.25) is 5.91 Å². The Bertz CT molecular complexity index is 378. The molecule has 2 nitrogen and oxygen atoms in total. The summed E-state index contributed by atoms with van der Waals surface area (Å²) in [5, 5.41) is 0.984. The van der Waals surface area contributed by atoms with E-state index < -0.39 is 0 Å². The lowest BCUT2D eigenvalue weighted by atomic mass is 9.99. The molecule has 0 fully saturated rings. The Morgan fingerprint density at radius 1 is 1.53 bits per heavy atom. The molecule has 80 valence electrons. The maximum absolute atomic E-state index is 11.5. The number of nitrogens with zero attached hydrogens (tertiary/aromatic N) is 1. The molecule has 1 aliphatic rings. The van der Waals surface area contributed by atoms with E-state index in [1.54, 1.807) is 6.92 Å². The van der Waals surface area contributed by atoms with Crippen LogP contribution in [0.1, 0.15) is 24.8 Å². The van der Waals surface area contributed by atoms with Crippen molar-refractivity contribution in [3.8, 4) is 0 Å². The van der Waals surface area contributed by atoms with E-state index in [0.29, 0.717) is 5.92 Å². The molecule has 0 saturated carbocycles. The molecule has 1 aromatic carbocycles. The smallest absolute Gasteiger partial charge is 0.223 e. The highest BCUT2D eigenvalue weighted by molar-refractivity contribution is 9.09. The molecule has 3 heteroatoms. The number of para-hydroxylation sites is 1. The Kier molecular flexibility index (Phi) is 3.10. The highest BCUT2D eigenvalue weighted by atomic mass is 79.9. The van der Waals surface area contributed by atoms with Crippen molar-refractivity contribution in [2.24, 2.45) is 0 Å². The van der Waals surface area contributed by atoms with Crippen molar-refractivity contribution < 1.29 is 4.79 Å². The molecule has 1 atom stereocenters. The quantitative estimate of drug-likeness (QED) is 0.755. The van der Waals surface area contributed by atoms with Gasteiger partial charge in [-0.05, 0) is 18.1 Å². The lowest BCUT2D eigenvalue weighted by Gasteiger charge is -2.14. The summed E-state index contributed by atoms with van der Waals surface area (Å²) in [4.78, 5) is 13.4. The number of carbonyl (C=O) groups is 1. The van der Waals surface area contributed by atoms with Gasteiger partial charge in [0.25, 0.3) is 0 Å². The molecule has 1 amide bonds. The highest BCUT2D eigenvalue weighted by Crippen LogP contribution is 2.37. The van der Waals surface area contributed by atoms with Crippen molar-refractivity contribution in [2.75, 3.05) is 16.8 Å². The molecule has 0 radical (unpaired) electrons. The first-order valence-corrected chi connectivity index (χ1v) is 6.29. The fourth-order valence-corrected chi connectivity index (χ4v) is 2.72. The molecular weight excluding hydrogens is 254 g/mol. The van der Waals surface area contributed by atoms with E-state index in [4.69, 9.17) is 0 Å². The van der Waals surface area contributed by atoms with E-state index in [0.717, 1.165) is 24.0 Å². The summed E-state index contributed by atoms with van der Waals surface area (Å²) in [7, 11) is 0. The van der Waals surface area contributed by atoms with Crippen molar-refractivity contribution in [3.63, 3.8) is 0 Å². The van der Waals surface area contributed by atoms with Crippen LogP contribution in [0.5, 0.6) is 0 Å². The predicted octanol–water partition coefficient (Wildman–Crippen LogP) is 2.92. The molecule has 0 saturated heterocycles. The number of halogens is 1. The first kappa shape index (κ1) is 10.7. The number of hydrogen-bond acceptors (Lipinski definition) is 1. The molecular formula is C12H14BrNO. The molecule has 0 aliphatic carbocycles. The predicted molar refractivity (Wildman–Crippen MR) is 65.6 cm³/mol. The van der Waals surface area contributed by atoms with Gasteiger partial charge in [-0.1, -0.05) is 34.1 Å². The van der Waals surface area contributed by atoms with Crippen molar-refractivity contribution in [3.05, 3.63) is 29.8 Å². The Balaban J connectivity index is 2.35. The zero-order valence-electron chi connectivity index (χ0n) is 8.74. The lowest BCUT2D eigenvalue weighted by Crippen LogP contribution is -2.27. The van der Waals surface area contributed by atoms with Gasteiger partial charge in [-0.25, -0.2) is 0 Å². The van der Waals surface area contributed by atoms with Crippen LogP contribution in [0.4, 0.5) is 5.69 Å². The summed E-state index contributed by atoms with van der Waals surface area (Å²) in [6.07, 6.45) is 1.08. The van der Waals surface area contributed by atoms with Gasteiger partial charge in [0.1, 0.15) is 0 Å². The molecule has 0 bridgehead atoms. The molecule has 1 heterocycles.